The van der Waals surface area contributed by atoms with E-state index in [1.54, 1.807) is 6.07 Å². The van der Waals surface area contributed by atoms with Crippen LogP contribution in [-0.4, -0.2) is 36.6 Å². The standard InChI is InChI=1S/C18H17BrN4O3S3/c19-14-6-7-16(28-14)29(25,26)13-10-22-18(23-17(13)20)27-11-15(24)21-9-8-12-4-2-1-3-5-12/h1-7,10H,8-9,11H2,(H,21,24)(H2,20,22,23). The third-order valence-corrected chi connectivity index (χ3v) is 8.52. The molecule has 0 spiro atoms. The summed E-state index contributed by atoms with van der Waals surface area (Å²) in [6.07, 6.45) is 1.92. The van der Waals surface area contributed by atoms with Crippen LogP contribution in [0.1, 0.15) is 5.56 Å². The average molecular weight is 513 g/mol. The van der Waals surface area contributed by atoms with E-state index in [0.29, 0.717) is 10.3 Å². The Labute approximate surface area is 185 Å². The Morgan fingerprint density at radius 2 is 1.97 bits per heavy atom. The number of nitrogen functional groups attached to an aromatic ring is 1. The van der Waals surface area contributed by atoms with Gasteiger partial charge in [-0.25, -0.2) is 18.4 Å². The van der Waals surface area contributed by atoms with Gasteiger partial charge >= 0.3 is 0 Å². The van der Waals surface area contributed by atoms with Crippen molar-refractivity contribution in [3.63, 3.8) is 0 Å². The molecule has 0 bridgehead atoms. The molecule has 2 aromatic heterocycles. The molecule has 1 amide bonds. The number of nitrogens with zero attached hydrogens (tertiary/aromatic N) is 2. The highest BCUT2D eigenvalue weighted by molar-refractivity contribution is 9.11. The van der Waals surface area contributed by atoms with E-state index in [9.17, 15) is 13.2 Å². The van der Waals surface area contributed by atoms with Crippen LogP contribution >= 0.6 is 39.0 Å². The summed E-state index contributed by atoms with van der Waals surface area (Å²) in [5.74, 6) is -0.192. The monoisotopic (exact) mass is 512 g/mol. The number of anilines is 1. The number of hydrogen-bond donors (Lipinski definition) is 2. The highest BCUT2D eigenvalue weighted by Crippen LogP contribution is 2.32. The maximum absolute atomic E-state index is 12.6. The van der Waals surface area contributed by atoms with Gasteiger partial charge in [-0.2, -0.15) is 0 Å². The van der Waals surface area contributed by atoms with Crippen molar-refractivity contribution in [2.45, 2.75) is 20.7 Å². The molecule has 0 fully saturated rings. The summed E-state index contributed by atoms with van der Waals surface area (Å²) < 4.78 is 26.1. The highest BCUT2D eigenvalue weighted by Gasteiger charge is 2.24. The predicted molar refractivity (Wildman–Crippen MR) is 118 cm³/mol. The fourth-order valence-electron chi connectivity index (χ4n) is 2.37. The second-order valence-corrected chi connectivity index (χ2v) is 11.4. The van der Waals surface area contributed by atoms with Gasteiger partial charge in [0, 0.05) is 6.54 Å². The van der Waals surface area contributed by atoms with Gasteiger partial charge in [0.2, 0.25) is 15.7 Å². The minimum absolute atomic E-state index is 0.109. The van der Waals surface area contributed by atoms with Crippen LogP contribution in [0.2, 0.25) is 0 Å². The zero-order chi connectivity index (χ0) is 20.9. The number of nitrogens with one attached hydrogen (secondary N) is 1. The first kappa shape index (κ1) is 21.8. The lowest BCUT2D eigenvalue weighted by Gasteiger charge is -2.07. The summed E-state index contributed by atoms with van der Waals surface area (Å²) in [7, 11) is -3.79. The largest absolute Gasteiger partial charge is 0.382 e. The first-order valence-electron chi connectivity index (χ1n) is 8.42. The zero-order valence-electron chi connectivity index (χ0n) is 15.0. The van der Waals surface area contributed by atoms with Gasteiger partial charge in [0.1, 0.15) is 14.9 Å². The van der Waals surface area contributed by atoms with E-state index in [1.807, 2.05) is 30.3 Å². The van der Waals surface area contributed by atoms with Gasteiger partial charge in [0.05, 0.1) is 15.7 Å². The summed E-state index contributed by atoms with van der Waals surface area (Å²) in [5, 5.41) is 3.07. The molecular weight excluding hydrogens is 496 g/mol. The number of thioether (sulfide) groups is 1. The van der Waals surface area contributed by atoms with Crippen molar-refractivity contribution in [2.75, 3.05) is 18.0 Å². The SMILES string of the molecule is Nc1nc(SCC(=O)NCCc2ccccc2)ncc1S(=O)(=O)c1ccc(Br)s1. The molecule has 0 radical (unpaired) electrons. The maximum atomic E-state index is 12.6. The van der Waals surface area contributed by atoms with Crippen LogP contribution in [0.3, 0.4) is 0 Å². The van der Waals surface area contributed by atoms with Crippen LogP contribution in [0, 0.1) is 0 Å². The van der Waals surface area contributed by atoms with Crippen LogP contribution in [0.5, 0.6) is 0 Å². The maximum Gasteiger partial charge on any atom is 0.230 e. The molecule has 0 aliphatic rings. The summed E-state index contributed by atoms with van der Waals surface area (Å²) in [4.78, 5) is 19.9. The fraction of sp³-hybridized carbons (Fsp3) is 0.167. The summed E-state index contributed by atoms with van der Waals surface area (Å²) in [6.45, 7) is 0.528. The molecule has 11 heteroatoms. The van der Waals surface area contributed by atoms with E-state index in [1.165, 1.54) is 12.3 Å². The Morgan fingerprint density at radius 1 is 1.21 bits per heavy atom. The fourth-order valence-corrected chi connectivity index (χ4v) is 6.41. The summed E-state index contributed by atoms with van der Waals surface area (Å²) in [6, 6.07) is 13.0. The number of aromatic nitrogens is 2. The number of thiophene rings is 1. The van der Waals surface area contributed by atoms with E-state index in [0.717, 1.165) is 35.1 Å². The van der Waals surface area contributed by atoms with Crippen LogP contribution in [-0.2, 0) is 21.1 Å². The average Bonchev–Trinajstić information content (AvgIpc) is 3.14. The first-order valence-corrected chi connectivity index (χ1v) is 12.5. The number of hydrogen-bond acceptors (Lipinski definition) is 8. The number of carbonyl (C=O) groups is 1. The molecule has 0 atom stereocenters. The van der Waals surface area contributed by atoms with Crippen LogP contribution in [0.4, 0.5) is 5.82 Å². The van der Waals surface area contributed by atoms with Gasteiger partial charge in [-0.3, -0.25) is 4.79 Å². The Balaban J connectivity index is 1.55. The molecule has 3 aromatic rings. The molecule has 0 saturated carbocycles. The number of amides is 1. The number of sulfone groups is 1. The number of benzene rings is 1. The number of nitrogens with two attached hydrogens (primary N) is 1. The Kier molecular flexibility index (Phi) is 7.28. The molecule has 3 N–H and O–H groups in total. The van der Waals surface area contributed by atoms with E-state index < -0.39 is 9.84 Å². The quantitative estimate of drug-likeness (QED) is 0.351. The van der Waals surface area contributed by atoms with Crippen molar-refractivity contribution in [3.8, 4) is 0 Å². The topological polar surface area (TPSA) is 115 Å². The first-order chi connectivity index (χ1) is 13.9. The Morgan fingerprint density at radius 3 is 2.62 bits per heavy atom. The zero-order valence-corrected chi connectivity index (χ0v) is 19.1. The van der Waals surface area contributed by atoms with Crippen LogP contribution < -0.4 is 11.1 Å². The normalized spacial score (nSPS) is 11.3. The van der Waals surface area contributed by atoms with Crippen molar-refractivity contribution in [3.05, 3.63) is 58.0 Å². The minimum Gasteiger partial charge on any atom is -0.382 e. The molecule has 152 valence electrons. The Bertz CT molecular complexity index is 1100. The molecular formula is C18H17BrN4O3S3. The van der Waals surface area contributed by atoms with Crippen molar-refractivity contribution in [1.29, 1.82) is 0 Å². The summed E-state index contributed by atoms with van der Waals surface area (Å²) in [5.41, 5.74) is 7.00. The molecule has 1 aromatic carbocycles. The van der Waals surface area contributed by atoms with Crippen molar-refractivity contribution in [2.24, 2.45) is 0 Å². The third-order valence-electron chi connectivity index (χ3n) is 3.77. The lowest BCUT2D eigenvalue weighted by molar-refractivity contribution is -0.118. The van der Waals surface area contributed by atoms with Crippen molar-refractivity contribution in [1.82, 2.24) is 15.3 Å². The van der Waals surface area contributed by atoms with Gasteiger partial charge in [-0.15, -0.1) is 11.3 Å². The number of halogens is 1. The minimum atomic E-state index is -3.79. The molecule has 0 aliphatic heterocycles. The van der Waals surface area contributed by atoms with Gasteiger partial charge in [0.25, 0.3) is 0 Å². The molecule has 0 unspecified atom stereocenters. The van der Waals surface area contributed by atoms with Gasteiger partial charge in [0.15, 0.2) is 5.16 Å². The smallest absolute Gasteiger partial charge is 0.230 e. The molecule has 3 rings (SSSR count). The third kappa shape index (κ3) is 5.78. The molecule has 0 aliphatic carbocycles. The number of carbonyl (C=O) groups excluding carboxylic acids is 1. The van der Waals surface area contributed by atoms with E-state index >= 15 is 0 Å². The summed E-state index contributed by atoms with van der Waals surface area (Å²) >= 11 is 5.42. The Hall–Kier alpha value is -1.95. The molecule has 29 heavy (non-hydrogen) atoms. The van der Waals surface area contributed by atoms with E-state index in [2.05, 4.69) is 31.2 Å². The van der Waals surface area contributed by atoms with E-state index in [4.69, 9.17) is 5.73 Å². The number of rotatable bonds is 8. The lowest BCUT2D eigenvalue weighted by atomic mass is 10.1. The van der Waals surface area contributed by atoms with Crippen LogP contribution in [0.25, 0.3) is 0 Å². The molecule has 7 nitrogen and oxygen atoms in total. The molecule has 0 saturated heterocycles. The second-order valence-electron chi connectivity index (χ2n) is 5.84. The van der Waals surface area contributed by atoms with Crippen LogP contribution in [0.15, 0.2) is 66.7 Å². The van der Waals surface area contributed by atoms with Crippen molar-refractivity contribution < 1.29 is 13.2 Å². The highest BCUT2D eigenvalue weighted by atomic mass is 79.9. The van der Waals surface area contributed by atoms with E-state index in [-0.39, 0.29) is 31.7 Å². The molecule has 2 heterocycles. The van der Waals surface area contributed by atoms with Crippen molar-refractivity contribution >= 4 is 60.6 Å². The van der Waals surface area contributed by atoms with Gasteiger partial charge < -0.3 is 11.1 Å². The predicted octanol–water partition coefficient (Wildman–Crippen LogP) is 3.17. The van der Waals surface area contributed by atoms with Gasteiger partial charge in [-0.05, 0) is 40.0 Å². The lowest BCUT2D eigenvalue weighted by Crippen LogP contribution is -2.27. The van der Waals surface area contributed by atoms with Gasteiger partial charge in [-0.1, -0.05) is 42.1 Å². The second kappa shape index (κ2) is 9.70.